The summed E-state index contributed by atoms with van der Waals surface area (Å²) < 4.78 is 0. The van der Waals surface area contributed by atoms with Gasteiger partial charge in [0.05, 0.1) is 5.56 Å². The summed E-state index contributed by atoms with van der Waals surface area (Å²) in [6.07, 6.45) is 0.533. The molecule has 0 spiro atoms. The number of nitrogens with zero attached hydrogens (tertiary/aromatic N) is 1. The standard InChI is InChI=1S/C16H19NO4/c1-9-13-8-10-3-4-11(14(18)19)7-12(10)16(9,2)5-6-17(13)15(20)21/h3-4,7,9,13H,5-6,8H2,1-2H3,(H,18,19)(H,20,21)/t9-,13-,16-/m1/s1. The summed E-state index contributed by atoms with van der Waals surface area (Å²) in [4.78, 5) is 24.2. The van der Waals surface area contributed by atoms with Crippen LogP contribution >= 0.6 is 0 Å². The van der Waals surface area contributed by atoms with E-state index < -0.39 is 12.1 Å². The van der Waals surface area contributed by atoms with E-state index in [0.717, 1.165) is 17.5 Å². The van der Waals surface area contributed by atoms with Crippen LogP contribution in [0.15, 0.2) is 18.2 Å². The lowest BCUT2D eigenvalue weighted by Gasteiger charge is -2.53. The fourth-order valence-corrected chi connectivity index (χ4v) is 3.99. The highest BCUT2D eigenvalue weighted by Crippen LogP contribution is 2.48. The molecule has 2 N–H and O–H groups in total. The second-order valence-corrected chi connectivity index (χ2v) is 6.38. The SMILES string of the molecule is C[C@@H]1[C@H]2Cc3ccc(C(=O)O)cc3[C@]1(C)CCN2C(=O)O. The Bertz CT molecular complexity index is 627. The van der Waals surface area contributed by atoms with Gasteiger partial charge in [-0.05, 0) is 47.4 Å². The lowest BCUT2D eigenvalue weighted by molar-refractivity contribution is 0.0350. The van der Waals surface area contributed by atoms with Crippen LogP contribution in [-0.2, 0) is 11.8 Å². The molecule has 1 saturated heterocycles. The fraction of sp³-hybridized carbons (Fsp3) is 0.500. The van der Waals surface area contributed by atoms with Crippen molar-refractivity contribution in [1.82, 2.24) is 4.90 Å². The van der Waals surface area contributed by atoms with Crippen LogP contribution in [0.5, 0.6) is 0 Å². The second kappa shape index (κ2) is 4.48. The van der Waals surface area contributed by atoms with E-state index in [-0.39, 0.29) is 17.4 Å². The first-order valence-corrected chi connectivity index (χ1v) is 7.21. The van der Waals surface area contributed by atoms with Gasteiger partial charge in [-0.15, -0.1) is 0 Å². The molecule has 5 heteroatoms. The highest BCUT2D eigenvalue weighted by Gasteiger charge is 2.49. The Morgan fingerprint density at radius 1 is 1.33 bits per heavy atom. The van der Waals surface area contributed by atoms with Gasteiger partial charge in [-0.3, -0.25) is 0 Å². The average Bonchev–Trinajstić information content (AvgIpc) is 2.41. The smallest absolute Gasteiger partial charge is 0.407 e. The van der Waals surface area contributed by atoms with Crippen LogP contribution in [0, 0.1) is 5.92 Å². The maximum Gasteiger partial charge on any atom is 0.407 e. The summed E-state index contributed by atoms with van der Waals surface area (Å²) >= 11 is 0. The van der Waals surface area contributed by atoms with Gasteiger partial charge >= 0.3 is 12.1 Å². The largest absolute Gasteiger partial charge is 0.478 e. The van der Waals surface area contributed by atoms with Crippen molar-refractivity contribution in [3.8, 4) is 0 Å². The third-order valence-corrected chi connectivity index (χ3v) is 5.50. The minimum absolute atomic E-state index is 0.0237. The molecule has 3 atom stereocenters. The van der Waals surface area contributed by atoms with Crippen molar-refractivity contribution in [2.24, 2.45) is 5.92 Å². The molecule has 2 aliphatic rings. The van der Waals surface area contributed by atoms with Gasteiger partial charge in [0.25, 0.3) is 0 Å². The van der Waals surface area contributed by atoms with Crippen molar-refractivity contribution < 1.29 is 19.8 Å². The van der Waals surface area contributed by atoms with E-state index in [1.54, 1.807) is 17.0 Å². The van der Waals surface area contributed by atoms with Gasteiger partial charge < -0.3 is 15.1 Å². The average molecular weight is 289 g/mol. The zero-order valence-corrected chi connectivity index (χ0v) is 12.2. The van der Waals surface area contributed by atoms with Gasteiger partial charge in [0.15, 0.2) is 0 Å². The maximum absolute atomic E-state index is 11.4. The monoisotopic (exact) mass is 289 g/mol. The molecule has 1 aliphatic heterocycles. The van der Waals surface area contributed by atoms with E-state index in [1.165, 1.54) is 0 Å². The maximum atomic E-state index is 11.4. The van der Waals surface area contributed by atoms with Gasteiger partial charge in [-0.1, -0.05) is 19.9 Å². The molecule has 1 amide bonds. The molecule has 1 fully saturated rings. The van der Waals surface area contributed by atoms with Gasteiger partial charge in [-0.25, -0.2) is 9.59 Å². The molecule has 5 nitrogen and oxygen atoms in total. The normalized spacial score (nSPS) is 30.7. The molecule has 21 heavy (non-hydrogen) atoms. The molecule has 1 aromatic carbocycles. The Kier molecular flexibility index (Phi) is 2.97. The fourth-order valence-electron chi connectivity index (χ4n) is 3.99. The van der Waals surface area contributed by atoms with Crippen LogP contribution in [0.3, 0.4) is 0 Å². The van der Waals surface area contributed by atoms with Crippen LogP contribution in [0.2, 0.25) is 0 Å². The number of hydrogen-bond acceptors (Lipinski definition) is 2. The molecule has 0 radical (unpaired) electrons. The molecule has 1 heterocycles. The summed E-state index contributed by atoms with van der Waals surface area (Å²) in [6, 6.07) is 5.22. The molecule has 0 aromatic heterocycles. The number of carbonyl (C=O) groups is 2. The van der Waals surface area contributed by atoms with Gasteiger partial charge in [0.2, 0.25) is 0 Å². The number of amides is 1. The number of rotatable bonds is 1. The van der Waals surface area contributed by atoms with Crippen LogP contribution < -0.4 is 0 Å². The zero-order valence-electron chi connectivity index (χ0n) is 12.2. The topological polar surface area (TPSA) is 77.8 Å². The Labute approximate surface area is 123 Å². The Hall–Kier alpha value is -2.04. The Morgan fingerprint density at radius 2 is 2.05 bits per heavy atom. The minimum Gasteiger partial charge on any atom is -0.478 e. The summed E-state index contributed by atoms with van der Waals surface area (Å²) in [5.74, 6) is -0.738. The van der Waals surface area contributed by atoms with Gasteiger partial charge in [0, 0.05) is 12.6 Å². The van der Waals surface area contributed by atoms with Crippen molar-refractivity contribution in [2.45, 2.75) is 38.1 Å². The van der Waals surface area contributed by atoms with Gasteiger partial charge in [0.1, 0.15) is 0 Å². The van der Waals surface area contributed by atoms with Crippen LogP contribution in [0.4, 0.5) is 4.79 Å². The van der Waals surface area contributed by atoms with Crippen molar-refractivity contribution in [1.29, 1.82) is 0 Å². The molecule has 0 saturated carbocycles. The number of fused-ring (bicyclic) bond motifs is 4. The summed E-state index contributed by atoms with van der Waals surface area (Å²) in [7, 11) is 0. The van der Waals surface area contributed by atoms with E-state index in [1.807, 2.05) is 6.07 Å². The molecular formula is C16H19NO4. The number of likely N-dealkylation sites (tertiary alicyclic amines) is 1. The summed E-state index contributed by atoms with van der Waals surface area (Å²) in [5.41, 5.74) is 2.31. The van der Waals surface area contributed by atoms with Crippen LogP contribution in [-0.4, -0.2) is 39.8 Å². The summed E-state index contributed by atoms with van der Waals surface area (Å²) in [6.45, 7) is 4.72. The molecular weight excluding hydrogens is 270 g/mol. The lowest BCUT2D eigenvalue weighted by Crippen LogP contribution is -2.59. The van der Waals surface area contributed by atoms with Gasteiger partial charge in [-0.2, -0.15) is 0 Å². The van der Waals surface area contributed by atoms with E-state index >= 15 is 0 Å². The number of benzene rings is 1. The molecule has 112 valence electrons. The first-order valence-electron chi connectivity index (χ1n) is 7.21. The lowest BCUT2D eigenvalue weighted by atomic mass is 9.59. The molecule has 1 aliphatic carbocycles. The third kappa shape index (κ3) is 1.91. The number of carboxylic acids is 1. The quantitative estimate of drug-likeness (QED) is 0.833. The second-order valence-electron chi connectivity index (χ2n) is 6.38. The van der Waals surface area contributed by atoms with Crippen molar-refractivity contribution in [2.75, 3.05) is 6.54 Å². The van der Waals surface area contributed by atoms with E-state index in [4.69, 9.17) is 0 Å². The third-order valence-electron chi connectivity index (χ3n) is 5.50. The Morgan fingerprint density at radius 3 is 2.67 bits per heavy atom. The number of aromatic carboxylic acids is 1. The van der Waals surface area contributed by atoms with Crippen molar-refractivity contribution in [3.05, 3.63) is 34.9 Å². The minimum atomic E-state index is -0.917. The Balaban J connectivity index is 2.10. The molecule has 2 bridgehead atoms. The molecule has 3 rings (SSSR count). The molecule has 0 unspecified atom stereocenters. The van der Waals surface area contributed by atoms with E-state index in [9.17, 15) is 19.8 Å². The number of carboxylic acid groups (broad SMARTS) is 2. The van der Waals surface area contributed by atoms with E-state index in [0.29, 0.717) is 18.5 Å². The predicted molar refractivity (Wildman–Crippen MR) is 76.8 cm³/mol. The van der Waals surface area contributed by atoms with Crippen molar-refractivity contribution >= 4 is 12.1 Å². The predicted octanol–water partition coefficient (Wildman–Crippen LogP) is 2.59. The molecule has 1 aromatic rings. The summed E-state index contributed by atoms with van der Waals surface area (Å²) in [5, 5.41) is 18.6. The number of piperidine rings is 1. The zero-order chi connectivity index (χ0) is 15.4. The van der Waals surface area contributed by atoms with Crippen molar-refractivity contribution in [3.63, 3.8) is 0 Å². The van der Waals surface area contributed by atoms with Crippen LogP contribution in [0.25, 0.3) is 0 Å². The highest BCUT2D eigenvalue weighted by molar-refractivity contribution is 5.88. The highest BCUT2D eigenvalue weighted by atomic mass is 16.4. The first kappa shape index (κ1) is 13.9. The van der Waals surface area contributed by atoms with Crippen LogP contribution in [0.1, 0.15) is 41.8 Å². The van der Waals surface area contributed by atoms with E-state index in [2.05, 4.69) is 13.8 Å². The number of hydrogen-bond donors (Lipinski definition) is 2. The first-order chi connectivity index (χ1) is 9.84.